The average Bonchev–Trinajstić information content (AvgIpc) is 2.59. The molecule has 0 aliphatic heterocycles. The maximum atomic E-state index is 4.61. The summed E-state index contributed by atoms with van der Waals surface area (Å²) in [7, 11) is 0. The molecule has 1 aliphatic carbocycles. The molecule has 0 unspecified atom stereocenters. The quantitative estimate of drug-likeness (QED) is 0.767. The summed E-state index contributed by atoms with van der Waals surface area (Å²) in [5, 5.41) is 9.22. The second-order valence-corrected chi connectivity index (χ2v) is 7.01. The zero-order valence-corrected chi connectivity index (χ0v) is 14.3. The number of nitrogens with one attached hydrogen (secondary N) is 2. The molecule has 1 saturated carbocycles. The average molecular weight is 320 g/mol. The molecule has 124 valence electrons. The van der Waals surface area contributed by atoms with Crippen LogP contribution in [0.15, 0.2) is 70.9 Å². The molecule has 2 aromatic carbocycles. The number of anilines is 2. The fourth-order valence-corrected chi connectivity index (χ4v) is 3.00. The molecule has 0 heterocycles. The lowest BCUT2D eigenvalue weighted by atomic mass is 9.75. The van der Waals surface area contributed by atoms with Crippen LogP contribution in [0.3, 0.4) is 0 Å². The van der Waals surface area contributed by atoms with Crippen LogP contribution in [-0.2, 0) is 0 Å². The first kappa shape index (κ1) is 16.2. The number of benzene rings is 2. The molecule has 4 nitrogen and oxygen atoms in total. The topological polar surface area (TPSA) is 48.8 Å². The van der Waals surface area contributed by atoms with Crippen LogP contribution in [0.4, 0.5) is 11.4 Å². The standard InChI is InChI=1S/C20H24N4/c1-20(2)14-18(23-21-16-9-5-3-6-10-16)13-19(15-20)24-22-17-11-7-4-8-12-17/h3-12,21-22H,13-15H2,1-2H3/b23-18-,24-19-. The van der Waals surface area contributed by atoms with Crippen molar-refractivity contribution in [2.75, 3.05) is 10.9 Å². The lowest BCUT2D eigenvalue weighted by Gasteiger charge is -2.31. The summed E-state index contributed by atoms with van der Waals surface area (Å²) in [6.45, 7) is 4.53. The largest absolute Gasteiger partial charge is 0.279 e. The van der Waals surface area contributed by atoms with Gasteiger partial charge in [-0.1, -0.05) is 50.2 Å². The van der Waals surface area contributed by atoms with Crippen LogP contribution in [0, 0.1) is 5.41 Å². The molecular weight excluding hydrogens is 296 g/mol. The van der Waals surface area contributed by atoms with E-state index in [4.69, 9.17) is 0 Å². The Balaban J connectivity index is 1.70. The first-order valence-corrected chi connectivity index (χ1v) is 8.34. The van der Waals surface area contributed by atoms with Crippen LogP contribution in [0.2, 0.25) is 0 Å². The Bertz CT molecular complexity index is 656. The number of hydrogen-bond acceptors (Lipinski definition) is 4. The monoisotopic (exact) mass is 320 g/mol. The molecule has 24 heavy (non-hydrogen) atoms. The molecule has 2 aromatic rings. The van der Waals surface area contributed by atoms with E-state index in [2.05, 4.69) is 34.9 Å². The van der Waals surface area contributed by atoms with Gasteiger partial charge in [-0.05, 0) is 42.5 Å². The first-order valence-electron chi connectivity index (χ1n) is 8.34. The van der Waals surface area contributed by atoms with Gasteiger partial charge in [-0.2, -0.15) is 10.2 Å². The van der Waals surface area contributed by atoms with Gasteiger partial charge in [-0.3, -0.25) is 10.9 Å². The van der Waals surface area contributed by atoms with E-state index < -0.39 is 0 Å². The minimum Gasteiger partial charge on any atom is -0.279 e. The van der Waals surface area contributed by atoms with Crippen LogP contribution in [0.1, 0.15) is 33.1 Å². The SMILES string of the molecule is CC1(C)C/C(=N\Nc2ccccc2)C/C(=N/Nc2ccccc2)C1. The highest BCUT2D eigenvalue weighted by Crippen LogP contribution is 2.32. The molecule has 0 amide bonds. The lowest BCUT2D eigenvalue weighted by molar-refractivity contribution is 0.389. The van der Waals surface area contributed by atoms with Crippen molar-refractivity contribution in [1.82, 2.24) is 0 Å². The highest BCUT2D eigenvalue weighted by Gasteiger charge is 2.29. The Morgan fingerprint density at radius 1 is 0.708 bits per heavy atom. The smallest absolute Gasteiger partial charge is 0.0561 e. The maximum absolute atomic E-state index is 4.61. The van der Waals surface area contributed by atoms with Gasteiger partial charge in [0.2, 0.25) is 0 Å². The summed E-state index contributed by atoms with van der Waals surface area (Å²) in [5.74, 6) is 0. The Hall–Kier alpha value is -2.62. The minimum absolute atomic E-state index is 0.173. The fraction of sp³-hybridized carbons (Fsp3) is 0.300. The highest BCUT2D eigenvalue weighted by molar-refractivity contribution is 6.07. The van der Waals surface area contributed by atoms with Crippen LogP contribution >= 0.6 is 0 Å². The van der Waals surface area contributed by atoms with Gasteiger partial charge in [0.1, 0.15) is 0 Å². The van der Waals surface area contributed by atoms with Crippen molar-refractivity contribution in [3.05, 3.63) is 60.7 Å². The molecule has 0 atom stereocenters. The summed E-state index contributed by atoms with van der Waals surface area (Å²) in [4.78, 5) is 0. The van der Waals surface area contributed by atoms with Crippen molar-refractivity contribution >= 4 is 22.8 Å². The minimum atomic E-state index is 0.173. The summed E-state index contributed by atoms with van der Waals surface area (Å²) >= 11 is 0. The van der Waals surface area contributed by atoms with Gasteiger partial charge in [0.25, 0.3) is 0 Å². The molecule has 0 aromatic heterocycles. The molecule has 1 aliphatic rings. The summed E-state index contributed by atoms with van der Waals surface area (Å²) in [6, 6.07) is 20.1. The van der Waals surface area contributed by atoms with E-state index in [0.29, 0.717) is 0 Å². The molecule has 4 heteroatoms. The van der Waals surface area contributed by atoms with E-state index in [1.54, 1.807) is 0 Å². The number of hydrazone groups is 2. The fourth-order valence-electron chi connectivity index (χ4n) is 3.00. The molecule has 0 radical (unpaired) electrons. The maximum Gasteiger partial charge on any atom is 0.0561 e. The van der Waals surface area contributed by atoms with Crippen LogP contribution in [0.5, 0.6) is 0 Å². The van der Waals surface area contributed by atoms with E-state index in [-0.39, 0.29) is 5.41 Å². The lowest BCUT2D eigenvalue weighted by Crippen LogP contribution is -2.30. The second-order valence-electron chi connectivity index (χ2n) is 7.01. The third-order valence-corrected chi connectivity index (χ3v) is 4.01. The van der Waals surface area contributed by atoms with Gasteiger partial charge >= 0.3 is 0 Å². The number of rotatable bonds is 4. The van der Waals surface area contributed by atoms with E-state index >= 15 is 0 Å². The van der Waals surface area contributed by atoms with Crippen LogP contribution in [-0.4, -0.2) is 11.4 Å². The Labute approximate surface area is 143 Å². The molecule has 0 saturated heterocycles. The molecule has 0 bridgehead atoms. The normalized spacial score (nSPS) is 20.1. The molecular formula is C20H24N4. The van der Waals surface area contributed by atoms with Crippen molar-refractivity contribution in [2.24, 2.45) is 15.6 Å². The predicted octanol–water partition coefficient (Wildman–Crippen LogP) is 5.13. The van der Waals surface area contributed by atoms with Gasteiger partial charge in [-0.15, -0.1) is 0 Å². The third-order valence-electron chi connectivity index (χ3n) is 4.01. The van der Waals surface area contributed by atoms with Crippen LogP contribution in [0.25, 0.3) is 0 Å². The van der Waals surface area contributed by atoms with E-state index in [0.717, 1.165) is 42.1 Å². The second kappa shape index (κ2) is 7.30. The van der Waals surface area contributed by atoms with Gasteiger partial charge < -0.3 is 0 Å². The Morgan fingerprint density at radius 2 is 1.12 bits per heavy atom. The Morgan fingerprint density at radius 3 is 1.54 bits per heavy atom. The number of hydrogen-bond donors (Lipinski definition) is 2. The third kappa shape index (κ3) is 4.69. The summed E-state index contributed by atoms with van der Waals surface area (Å²) in [5.41, 5.74) is 10.8. The first-order chi connectivity index (χ1) is 11.6. The summed E-state index contributed by atoms with van der Waals surface area (Å²) in [6.07, 6.45) is 2.78. The van der Waals surface area contributed by atoms with Crippen molar-refractivity contribution < 1.29 is 0 Å². The van der Waals surface area contributed by atoms with Gasteiger partial charge in [0.15, 0.2) is 0 Å². The Kier molecular flexibility index (Phi) is 4.94. The van der Waals surface area contributed by atoms with E-state index in [9.17, 15) is 0 Å². The van der Waals surface area contributed by atoms with E-state index in [1.165, 1.54) is 0 Å². The number of nitrogens with zero attached hydrogens (tertiary/aromatic N) is 2. The van der Waals surface area contributed by atoms with Gasteiger partial charge in [0.05, 0.1) is 11.4 Å². The highest BCUT2D eigenvalue weighted by atomic mass is 15.3. The molecule has 2 N–H and O–H groups in total. The molecule has 0 spiro atoms. The molecule has 3 rings (SSSR count). The predicted molar refractivity (Wildman–Crippen MR) is 103 cm³/mol. The van der Waals surface area contributed by atoms with Crippen LogP contribution < -0.4 is 10.9 Å². The molecule has 1 fully saturated rings. The van der Waals surface area contributed by atoms with Crippen molar-refractivity contribution in [3.63, 3.8) is 0 Å². The zero-order valence-electron chi connectivity index (χ0n) is 14.3. The number of para-hydroxylation sites is 2. The summed E-state index contributed by atoms with van der Waals surface area (Å²) < 4.78 is 0. The van der Waals surface area contributed by atoms with Crippen molar-refractivity contribution in [2.45, 2.75) is 33.1 Å². The van der Waals surface area contributed by atoms with Crippen molar-refractivity contribution in [1.29, 1.82) is 0 Å². The van der Waals surface area contributed by atoms with Gasteiger partial charge in [-0.25, -0.2) is 0 Å². The van der Waals surface area contributed by atoms with Gasteiger partial charge in [0, 0.05) is 17.8 Å². The zero-order chi connectivity index (χ0) is 16.8. The van der Waals surface area contributed by atoms with E-state index in [1.807, 2.05) is 60.7 Å². The van der Waals surface area contributed by atoms with Crippen molar-refractivity contribution in [3.8, 4) is 0 Å².